The number of amides is 1. The lowest BCUT2D eigenvalue weighted by Gasteiger charge is -2.35. The molecule has 1 saturated heterocycles. The van der Waals surface area contributed by atoms with Crippen LogP contribution < -0.4 is 0 Å². The van der Waals surface area contributed by atoms with Crippen LogP contribution in [0.2, 0.25) is 0 Å². The lowest BCUT2D eigenvalue weighted by molar-refractivity contribution is 0.0662. The Morgan fingerprint density at radius 1 is 1.24 bits per heavy atom. The van der Waals surface area contributed by atoms with Gasteiger partial charge in [0, 0.05) is 36.7 Å². The van der Waals surface area contributed by atoms with Gasteiger partial charge in [0.05, 0.1) is 17.8 Å². The highest BCUT2D eigenvalue weighted by atomic mass is 16.2. The Morgan fingerprint density at radius 3 is 2.56 bits per heavy atom. The summed E-state index contributed by atoms with van der Waals surface area (Å²) in [6.07, 6.45) is 3.90. The lowest BCUT2D eigenvalue weighted by Crippen LogP contribution is -2.44. The lowest BCUT2D eigenvalue weighted by atomic mass is 10.0. The van der Waals surface area contributed by atoms with Gasteiger partial charge in [-0.3, -0.25) is 9.78 Å². The number of hydrogen-bond donors (Lipinski definition) is 0. The minimum atomic E-state index is 0.164. The molecule has 0 N–H and O–H groups in total. The summed E-state index contributed by atoms with van der Waals surface area (Å²) in [5.41, 5.74) is 3.98. The molecule has 0 atom stereocenters. The van der Waals surface area contributed by atoms with E-state index in [1.807, 2.05) is 42.3 Å². The Kier molecular flexibility index (Phi) is 5.23. The van der Waals surface area contributed by atoms with Gasteiger partial charge in [-0.15, -0.1) is 0 Å². The van der Waals surface area contributed by atoms with Gasteiger partial charge in [-0.2, -0.15) is 0 Å². The fourth-order valence-corrected chi connectivity index (χ4v) is 3.67. The Morgan fingerprint density at radius 2 is 1.96 bits per heavy atom. The van der Waals surface area contributed by atoms with Gasteiger partial charge < -0.3 is 14.4 Å². The predicted molar refractivity (Wildman–Crippen MR) is 99.9 cm³/mol. The molecule has 0 saturated carbocycles. The van der Waals surface area contributed by atoms with Crippen LogP contribution >= 0.6 is 0 Å². The molecular formula is C20H28N4O. The summed E-state index contributed by atoms with van der Waals surface area (Å²) in [6.45, 7) is 6.48. The van der Waals surface area contributed by atoms with Crippen LogP contribution in [0.15, 0.2) is 30.5 Å². The summed E-state index contributed by atoms with van der Waals surface area (Å²) in [7, 11) is 4.24. The summed E-state index contributed by atoms with van der Waals surface area (Å²) in [5, 5.41) is 0. The highest BCUT2D eigenvalue weighted by Crippen LogP contribution is 2.21. The molecule has 1 aliphatic rings. The van der Waals surface area contributed by atoms with Crippen molar-refractivity contribution in [2.24, 2.45) is 0 Å². The first-order valence-electron chi connectivity index (χ1n) is 8.99. The maximum atomic E-state index is 13.0. The molecule has 1 amide bonds. The first-order chi connectivity index (χ1) is 12.0. The number of aryl methyl sites for hydroxylation is 1. The molecule has 0 aliphatic carbocycles. The first-order valence-corrected chi connectivity index (χ1v) is 8.99. The molecule has 0 unspecified atom stereocenters. The smallest absolute Gasteiger partial charge is 0.255 e. The highest BCUT2D eigenvalue weighted by Gasteiger charge is 2.26. The molecule has 2 aromatic rings. The molecular weight excluding hydrogens is 312 g/mol. The van der Waals surface area contributed by atoms with Crippen LogP contribution in [0.25, 0.3) is 0 Å². The molecule has 3 rings (SSSR count). The fourth-order valence-electron chi connectivity index (χ4n) is 3.67. The van der Waals surface area contributed by atoms with Crippen molar-refractivity contribution in [3.63, 3.8) is 0 Å². The van der Waals surface area contributed by atoms with Gasteiger partial charge in [0.2, 0.25) is 0 Å². The number of likely N-dealkylation sites (tertiary alicyclic amines) is 1. The first kappa shape index (κ1) is 17.7. The van der Waals surface area contributed by atoms with Gasteiger partial charge in [0.25, 0.3) is 5.91 Å². The molecule has 0 aromatic carbocycles. The third-order valence-electron chi connectivity index (χ3n) is 5.33. The number of rotatable bonds is 4. The van der Waals surface area contributed by atoms with E-state index >= 15 is 0 Å². The number of carbonyl (C=O) groups is 1. The molecule has 0 spiro atoms. The second-order valence-electron chi connectivity index (χ2n) is 7.18. The van der Waals surface area contributed by atoms with Crippen molar-refractivity contribution in [1.82, 2.24) is 19.4 Å². The number of nitrogens with zero attached hydrogens (tertiary/aromatic N) is 4. The van der Waals surface area contributed by atoms with E-state index in [-0.39, 0.29) is 5.91 Å². The highest BCUT2D eigenvalue weighted by molar-refractivity contribution is 5.95. The average Bonchev–Trinajstić information content (AvgIpc) is 2.90. The minimum absolute atomic E-state index is 0.164. The van der Waals surface area contributed by atoms with E-state index in [0.29, 0.717) is 12.6 Å². The molecule has 2 aromatic heterocycles. The van der Waals surface area contributed by atoms with Crippen molar-refractivity contribution >= 4 is 5.91 Å². The van der Waals surface area contributed by atoms with Crippen LogP contribution in [0.3, 0.4) is 0 Å². The number of piperidine rings is 1. The molecule has 5 nitrogen and oxygen atoms in total. The summed E-state index contributed by atoms with van der Waals surface area (Å²) in [5.74, 6) is 0.164. The third-order valence-corrected chi connectivity index (χ3v) is 5.33. The van der Waals surface area contributed by atoms with Crippen LogP contribution in [0, 0.1) is 13.8 Å². The minimum Gasteiger partial charge on any atom is -0.342 e. The van der Waals surface area contributed by atoms with Gasteiger partial charge in [0.15, 0.2) is 0 Å². The number of aromatic nitrogens is 2. The van der Waals surface area contributed by atoms with Gasteiger partial charge >= 0.3 is 0 Å². The third kappa shape index (κ3) is 3.76. The van der Waals surface area contributed by atoms with Crippen LogP contribution in [0.5, 0.6) is 0 Å². The summed E-state index contributed by atoms with van der Waals surface area (Å²) in [6, 6.07) is 8.55. The Hall–Kier alpha value is -2.14. The van der Waals surface area contributed by atoms with Crippen molar-refractivity contribution in [3.05, 3.63) is 53.1 Å². The maximum Gasteiger partial charge on any atom is 0.255 e. The standard InChI is InChI=1S/C20H28N4O/c1-15-13-19(16(2)24(15)14-17-7-5-6-10-21-17)20(25)23-11-8-18(9-12-23)22(3)4/h5-7,10,13,18H,8-9,11-12,14H2,1-4H3. The molecule has 1 fully saturated rings. The van der Waals surface area contributed by atoms with Gasteiger partial charge in [0.1, 0.15) is 0 Å². The molecule has 5 heteroatoms. The van der Waals surface area contributed by atoms with Gasteiger partial charge in [-0.25, -0.2) is 0 Å². The molecule has 25 heavy (non-hydrogen) atoms. The Labute approximate surface area is 150 Å². The number of hydrogen-bond acceptors (Lipinski definition) is 3. The largest absolute Gasteiger partial charge is 0.342 e. The zero-order valence-corrected chi connectivity index (χ0v) is 15.7. The van der Waals surface area contributed by atoms with E-state index in [4.69, 9.17) is 0 Å². The molecule has 0 bridgehead atoms. The van der Waals surface area contributed by atoms with Crippen molar-refractivity contribution in [3.8, 4) is 0 Å². The Balaban J connectivity index is 1.75. The van der Waals surface area contributed by atoms with E-state index < -0.39 is 0 Å². The average molecular weight is 340 g/mol. The molecule has 0 radical (unpaired) electrons. The second-order valence-corrected chi connectivity index (χ2v) is 7.18. The molecule has 134 valence electrons. The van der Waals surface area contributed by atoms with Crippen LogP contribution in [0.4, 0.5) is 0 Å². The molecule has 3 heterocycles. The monoisotopic (exact) mass is 340 g/mol. The van der Waals surface area contributed by atoms with E-state index in [1.54, 1.807) is 0 Å². The SMILES string of the molecule is Cc1cc(C(=O)N2CCC(N(C)C)CC2)c(C)n1Cc1ccccn1. The van der Waals surface area contributed by atoms with E-state index in [0.717, 1.165) is 48.6 Å². The summed E-state index contributed by atoms with van der Waals surface area (Å²) < 4.78 is 2.18. The van der Waals surface area contributed by atoms with Crippen LogP contribution in [-0.4, -0.2) is 58.5 Å². The quantitative estimate of drug-likeness (QED) is 0.859. The summed E-state index contributed by atoms with van der Waals surface area (Å²) in [4.78, 5) is 21.7. The number of pyridine rings is 1. The zero-order chi connectivity index (χ0) is 18.0. The predicted octanol–water partition coefficient (Wildman–Crippen LogP) is 2.71. The zero-order valence-electron chi connectivity index (χ0n) is 15.7. The van der Waals surface area contributed by atoms with Crippen molar-refractivity contribution < 1.29 is 4.79 Å². The van der Waals surface area contributed by atoms with Gasteiger partial charge in [-0.05, 0) is 59.0 Å². The van der Waals surface area contributed by atoms with E-state index in [1.165, 1.54) is 0 Å². The van der Waals surface area contributed by atoms with Crippen LogP contribution in [-0.2, 0) is 6.54 Å². The van der Waals surface area contributed by atoms with E-state index in [9.17, 15) is 4.79 Å². The normalized spacial score (nSPS) is 15.8. The van der Waals surface area contributed by atoms with Crippen molar-refractivity contribution in [2.75, 3.05) is 27.2 Å². The van der Waals surface area contributed by atoms with Crippen molar-refractivity contribution in [2.45, 2.75) is 39.3 Å². The van der Waals surface area contributed by atoms with Crippen molar-refractivity contribution in [1.29, 1.82) is 0 Å². The maximum absolute atomic E-state index is 13.0. The number of carbonyl (C=O) groups excluding carboxylic acids is 1. The topological polar surface area (TPSA) is 41.4 Å². The van der Waals surface area contributed by atoms with Crippen LogP contribution in [0.1, 0.15) is 40.3 Å². The fraction of sp³-hybridized carbons (Fsp3) is 0.500. The Bertz CT molecular complexity index is 728. The summed E-state index contributed by atoms with van der Waals surface area (Å²) >= 11 is 0. The molecule has 1 aliphatic heterocycles. The van der Waals surface area contributed by atoms with E-state index in [2.05, 4.69) is 35.5 Å². The second kappa shape index (κ2) is 7.40. The van der Waals surface area contributed by atoms with Gasteiger partial charge in [-0.1, -0.05) is 6.07 Å².